The van der Waals surface area contributed by atoms with Crippen LogP contribution in [-0.4, -0.2) is 57.0 Å². The van der Waals surface area contributed by atoms with E-state index in [1.165, 1.54) is 6.92 Å². The molecule has 2 amide bonds. The Bertz CT molecular complexity index is 622. The highest BCUT2D eigenvalue weighted by molar-refractivity contribution is 6.02. The number of nitrogens with zero attached hydrogens (tertiary/aromatic N) is 2. The molecule has 1 aromatic rings. The van der Waals surface area contributed by atoms with Gasteiger partial charge >= 0.3 is 0 Å². The fraction of sp³-hybridized carbons (Fsp3) is 0.600. The molecule has 0 bridgehead atoms. The number of benzene rings is 1. The molecule has 1 heterocycles. The van der Waals surface area contributed by atoms with Gasteiger partial charge in [0.15, 0.2) is 0 Å². The van der Waals surface area contributed by atoms with Crippen LogP contribution in [0.25, 0.3) is 0 Å². The minimum Gasteiger partial charge on any atom is -0.371 e. The summed E-state index contributed by atoms with van der Waals surface area (Å²) in [7, 11) is 4.04. The van der Waals surface area contributed by atoms with Crippen molar-refractivity contribution in [2.45, 2.75) is 33.1 Å². The lowest BCUT2D eigenvalue weighted by Gasteiger charge is -2.33. The first-order valence-corrected chi connectivity index (χ1v) is 9.46. The first kappa shape index (κ1) is 20.2. The van der Waals surface area contributed by atoms with Gasteiger partial charge < -0.3 is 20.4 Å². The van der Waals surface area contributed by atoms with E-state index in [1.54, 1.807) is 6.07 Å². The van der Waals surface area contributed by atoms with Crippen molar-refractivity contribution in [1.82, 2.24) is 10.2 Å². The minimum atomic E-state index is -0.137. The van der Waals surface area contributed by atoms with Crippen LogP contribution in [0.5, 0.6) is 0 Å². The van der Waals surface area contributed by atoms with Gasteiger partial charge in [-0.2, -0.15) is 0 Å². The van der Waals surface area contributed by atoms with Crippen molar-refractivity contribution in [3.05, 3.63) is 23.8 Å². The molecule has 1 aliphatic heterocycles. The second-order valence-electron chi connectivity index (χ2n) is 7.50. The second-order valence-corrected chi connectivity index (χ2v) is 7.50. The molecule has 6 nitrogen and oxygen atoms in total. The lowest BCUT2D eigenvalue weighted by atomic mass is 9.97. The van der Waals surface area contributed by atoms with E-state index in [0.29, 0.717) is 17.8 Å². The van der Waals surface area contributed by atoms with Crippen LogP contribution in [0.4, 0.5) is 11.4 Å². The Balaban J connectivity index is 2.15. The summed E-state index contributed by atoms with van der Waals surface area (Å²) in [6, 6.07) is 5.61. The molecule has 2 N–H and O–H groups in total. The van der Waals surface area contributed by atoms with Crippen LogP contribution in [0.1, 0.15) is 43.5 Å². The quantitative estimate of drug-likeness (QED) is 0.734. The Hall–Kier alpha value is -2.08. The number of carbonyl (C=O) groups excluding carboxylic acids is 2. The summed E-state index contributed by atoms with van der Waals surface area (Å²) in [5.74, 6) is 0.514. The van der Waals surface area contributed by atoms with Crippen LogP contribution in [0.2, 0.25) is 0 Å². The average Bonchev–Trinajstić information content (AvgIpc) is 2.58. The molecular formula is C20H32N4O2. The van der Waals surface area contributed by atoms with Crippen molar-refractivity contribution in [3.8, 4) is 0 Å². The number of amides is 2. The molecule has 1 saturated heterocycles. The van der Waals surface area contributed by atoms with E-state index in [-0.39, 0.29) is 11.8 Å². The second kappa shape index (κ2) is 9.57. The van der Waals surface area contributed by atoms with Crippen molar-refractivity contribution in [1.29, 1.82) is 0 Å². The van der Waals surface area contributed by atoms with Gasteiger partial charge in [0.25, 0.3) is 5.91 Å². The number of rotatable bonds is 7. The first-order valence-electron chi connectivity index (χ1n) is 9.46. The molecule has 6 heteroatoms. The molecule has 0 aromatic heterocycles. The number of nitrogens with one attached hydrogen (secondary N) is 2. The van der Waals surface area contributed by atoms with Crippen LogP contribution in [0.15, 0.2) is 18.2 Å². The molecule has 0 radical (unpaired) electrons. The molecule has 0 atom stereocenters. The standard InChI is InChI=1S/C20H32N4O2/c1-15-8-12-24(13-9-15)19-7-6-17(22-16(2)25)14-18(19)20(26)21-10-5-11-23(3)4/h6-7,14-15H,5,8-13H2,1-4H3,(H,21,26)(H,22,25). The van der Waals surface area contributed by atoms with E-state index in [4.69, 9.17) is 0 Å². The monoisotopic (exact) mass is 360 g/mol. The average molecular weight is 361 g/mol. The Morgan fingerprint density at radius 3 is 2.54 bits per heavy atom. The van der Waals surface area contributed by atoms with E-state index in [1.807, 2.05) is 26.2 Å². The predicted molar refractivity (Wildman–Crippen MR) is 107 cm³/mol. The van der Waals surface area contributed by atoms with E-state index in [2.05, 4.69) is 27.4 Å². The van der Waals surface area contributed by atoms with Gasteiger partial charge in [-0.3, -0.25) is 9.59 Å². The number of hydrogen-bond donors (Lipinski definition) is 2. The van der Waals surface area contributed by atoms with Crippen molar-refractivity contribution >= 4 is 23.2 Å². The molecule has 0 unspecified atom stereocenters. The Kier molecular flexibility index (Phi) is 7.45. The topological polar surface area (TPSA) is 64.7 Å². The molecule has 26 heavy (non-hydrogen) atoms. The predicted octanol–water partition coefficient (Wildman–Crippen LogP) is 2.56. The van der Waals surface area contributed by atoms with E-state index in [9.17, 15) is 9.59 Å². The SMILES string of the molecule is CC(=O)Nc1ccc(N2CCC(C)CC2)c(C(=O)NCCCN(C)C)c1. The lowest BCUT2D eigenvalue weighted by molar-refractivity contribution is -0.114. The van der Waals surface area contributed by atoms with Gasteiger partial charge in [0, 0.05) is 37.9 Å². The Morgan fingerprint density at radius 2 is 1.92 bits per heavy atom. The minimum absolute atomic E-state index is 0.0791. The number of carbonyl (C=O) groups is 2. The zero-order valence-electron chi connectivity index (χ0n) is 16.5. The van der Waals surface area contributed by atoms with Crippen molar-refractivity contribution in [2.75, 3.05) is 50.5 Å². The van der Waals surface area contributed by atoms with Crippen LogP contribution in [0, 0.1) is 5.92 Å². The van der Waals surface area contributed by atoms with Gasteiger partial charge in [-0.25, -0.2) is 0 Å². The fourth-order valence-electron chi connectivity index (χ4n) is 3.22. The number of piperidine rings is 1. The highest BCUT2D eigenvalue weighted by Gasteiger charge is 2.21. The van der Waals surface area contributed by atoms with Gasteiger partial charge in [-0.15, -0.1) is 0 Å². The molecule has 1 fully saturated rings. The summed E-state index contributed by atoms with van der Waals surface area (Å²) in [6.45, 7) is 7.24. The molecular weight excluding hydrogens is 328 g/mol. The molecule has 144 valence electrons. The summed E-state index contributed by atoms with van der Waals surface area (Å²) < 4.78 is 0. The van der Waals surface area contributed by atoms with Gasteiger partial charge in [0.2, 0.25) is 5.91 Å². The molecule has 0 saturated carbocycles. The van der Waals surface area contributed by atoms with Crippen molar-refractivity contribution in [3.63, 3.8) is 0 Å². The van der Waals surface area contributed by atoms with Gasteiger partial charge in [0.1, 0.15) is 0 Å². The normalized spacial score (nSPS) is 15.2. The number of hydrogen-bond acceptors (Lipinski definition) is 4. The van der Waals surface area contributed by atoms with E-state index < -0.39 is 0 Å². The third-order valence-electron chi connectivity index (χ3n) is 4.75. The van der Waals surface area contributed by atoms with Crippen molar-refractivity contribution in [2.24, 2.45) is 5.92 Å². The summed E-state index contributed by atoms with van der Waals surface area (Å²) in [6.07, 6.45) is 3.18. The summed E-state index contributed by atoms with van der Waals surface area (Å²) in [4.78, 5) is 28.5. The van der Waals surface area contributed by atoms with Crippen LogP contribution >= 0.6 is 0 Å². The van der Waals surface area contributed by atoms with Crippen LogP contribution < -0.4 is 15.5 Å². The zero-order valence-corrected chi connectivity index (χ0v) is 16.5. The van der Waals surface area contributed by atoms with Crippen molar-refractivity contribution < 1.29 is 9.59 Å². The maximum atomic E-state index is 12.8. The van der Waals surface area contributed by atoms with E-state index >= 15 is 0 Å². The first-order chi connectivity index (χ1) is 12.4. The zero-order chi connectivity index (χ0) is 19.1. The van der Waals surface area contributed by atoms with Gasteiger partial charge in [-0.1, -0.05) is 6.92 Å². The lowest BCUT2D eigenvalue weighted by Crippen LogP contribution is -2.35. The fourth-order valence-corrected chi connectivity index (χ4v) is 3.22. The molecule has 0 spiro atoms. The number of anilines is 2. The molecule has 0 aliphatic carbocycles. The van der Waals surface area contributed by atoms with Gasteiger partial charge in [-0.05, 0) is 64.0 Å². The molecule has 1 aromatic carbocycles. The summed E-state index contributed by atoms with van der Waals surface area (Å²) >= 11 is 0. The third kappa shape index (κ3) is 6.02. The Labute approximate surface area is 156 Å². The highest BCUT2D eigenvalue weighted by Crippen LogP contribution is 2.28. The summed E-state index contributed by atoms with van der Waals surface area (Å²) in [5, 5.41) is 5.79. The maximum Gasteiger partial charge on any atom is 0.253 e. The summed E-state index contributed by atoms with van der Waals surface area (Å²) in [5.41, 5.74) is 2.25. The van der Waals surface area contributed by atoms with Gasteiger partial charge in [0.05, 0.1) is 5.56 Å². The highest BCUT2D eigenvalue weighted by atomic mass is 16.2. The smallest absolute Gasteiger partial charge is 0.253 e. The Morgan fingerprint density at radius 1 is 1.23 bits per heavy atom. The third-order valence-corrected chi connectivity index (χ3v) is 4.75. The van der Waals surface area contributed by atoms with Crippen LogP contribution in [0.3, 0.4) is 0 Å². The maximum absolute atomic E-state index is 12.8. The molecule has 1 aliphatic rings. The molecule has 2 rings (SSSR count). The van der Waals surface area contributed by atoms with E-state index in [0.717, 1.165) is 50.5 Å². The van der Waals surface area contributed by atoms with Crippen LogP contribution in [-0.2, 0) is 4.79 Å². The largest absolute Gasteiger partial charge is 0.371 e.